The zero-order chi connectivity index (χ0) is 18.4. The van der Waals surface area contributed by atoms with E-state index in [1.807, 2.05) is 0 Å². The van der Waals surface area contributed by atoms with Gasteiger partial charge in [-0.2, -0.15) is 8.42 Å². The van der Waals surface area contributed by atoms with E-state index in [0.717, 1.165) is 25.7 Å². The highest BCUT2D eigenvalue weighted by molar-refractivity contribution is 7.87. The van der Waals surface area contributed by atoms with E-state index in [1.165, 1.54) is 77.0 Å². The number of hydrogen-bond donors (Lipinski definition) is 1. The fraction of sp³-hybridized carbons (Fsp3) is 1.00. The third-order valence-corrected chi connectivity index (χ3v) is 7.75. The first kappa shape index (κ1) is 23.0. The number of unbranched alkanes of at least 4 members (excludes halogenated alkanes) is 13. The zero-order valence-electron chi connectivity index (χ0n) is 16.6. The summed E-state index contributed by atoms with van der Waals surface area (Å²) in [6.45, 7) is 2.27. The van der Waals surface area contributed by atoms with Gasteiger partial charge < -0.3 is 0 Å². The molecule has 0 saturated heterocycles. The van der Waals surface area contributed by atoms with E-state index in [2.05, 4.69) is 6.92 Å². The summed E-state index contributed by atoms with van der Waals surface area (Å²) >= 11 is 0. The van der Waals surface area contributed by atoms with Gasteiger partial charge in [-0.05, 0) is 19.3 Å². The molecule has 0 aromatic heterocycles. The molecular weight excluding hydrogens is 332 g/mol. The molecule has 1 saturated carbocycles. The fourth-order valence-electron chi connectivity index (χ4n) is 4.30. The van der Waals surface area contributed by atoms with Gasteiger partial charge in [0.05, 0.1) is 4.75 Å². The maximum absolute atomic E-state index is 11.7. The first-order valence-corrected chi connectivity index (χ1v) is 12.4. The average molecular weight is 375 g/mol. The first-order chi connectivity index (χ1) is 12.0. The minimum atomic E-state index is -3.88. The number of rotatable bonds is 16. The van der Waals surface area contributed by atoms with Gasteiger partial charge in [0.25, 0.3) is 10.1 Å². The van der Waals surface area contributed by atoms with Crippen LogP contribution in [-0.2, 0) is 10.1 Å². The summed E-state index contributed by atoms with van der Waals surface area (Å²) < 4.78 is 32.1. The Morgan fingerprint density at radius 2 is 1.04 bits per heavy atom. The van der Waals surface area contributed by atoms with Crippen LogP contribution in [0.3, 0.4) is 0 Å². The Kier molecular flexibility index (Phi) is 12.1. The van der Waals surface area contributed by atoms with Crippen LogP contribution in [0.4, 0.5) is 0 Å². The topological polar surface area (TPSA) is 54.4 Å². The summed E-state index contributed by atoms with van der Waals surface area (Å²) in [6, 6.07) is 0. The van der Waals surface area contributed by atoms with Crippen LogP contribution in [0.1, 0.15) is 129 Å². The third-order valence-electron chi connectivity index (χ3n) is 6.05. The average Bonchev–Trinajstić information content (AvgIpc) is 3.05. The SMILES string of the molecule is CCCCCCCCCCCCCCCCC1(S(=O)(=O)O)CCCC1. The van der Waals surface area contributed by atoms with Gasteiger partial charge in [0.1, 0.15) is 0 Å². The Bertz CT molecular complexity index is 411. The quantitative estimate of drug-likeness (QED) is 0.232. The molecule has 1 fully saturated rings. The standard InChI is InChI=1S/C21H42O3S/c1-2-3-4-5-6-7-8-9-10-11-12-13-14-15-18-21(25(22,23)24)19-16-17-20-21/h2-20H2,1H3,(H,22,23,24). The lowest BCUT2D eigenvalue weighted by Crippen LogP contribution is -2.35. The zero-order valence-corrected chi connectivity index (χ0v) is 17.4. The fourth-order valence-corrected chi connectivity index (χ4v) is 5.50. The Labute approximate surface area is 157 Å². The molecule has 0 heterocycles. The molecule has 0 amide bonds. The molecule has 1 aliphatic carbocycles. The lowest BCUT2D eigenvalue weighted by Gasteiger charge is -2.25. The van der Waals surface area contributed by atoms with Crippen LogP contribution < -0.4 is 0 Å². The van der Waals surface area contributed by atoms with Crippen molar-refractivity contribution in [3.63, 3.8) is 0 Å². The van der Waals surface area contributed by atoms with Crippen molar-refractivity contribution in [1.82, 2.24) is 0 Å². The van der Waals surface area contributed by atoms with Gasteiger partial charge >= 0.3 is 0 Å². The van der Waals surface area contributed by atoms with Crippen LogP contribution in [0.2, 0.25) is 0 Å². The molecule has 1 N–H and O–H groups in total. The molecule has 0 aromatic rings. The van der Waals surface area contributed by atoms with Crippen LogP contribution in [0.5, 0.6) is 0 Å². The molecule has 0 aliphatic heterocycles. The maximum Gasteiger partial charge on any atom is 0.270 e. The Morgan fingerprint density at radius 3 is 1.40 bits per heavy atom. The highest BCUT2D eigenvalue weighted by Crippen LogP contribution is 2.40. The van der Waals surface area contributed by atoms with Gasteiger partial charge in [0, 0.05) is 0 Å². The van der Waals surface area contributed by atoms with Gasteiger partial charge in [-0.25, -0.2) is 0 Å². The predicted octanol–water partition coefficient (Wildman–Crippen LogP) is 7.06. The van der Waals surface area contributed by atoms with Crippen LogP contribution in [-0.4, -0.2) is 17.7 Å². The van der Waals surface area contributed by atoms with Gasteiger partial charge in [0.2, 0.25) is 0 Å². The molecule has 150 valence electrons. The number of hydrogen-bond acceptors (Lipinski definition) is 2. The second kappa shape index (κ2) is 13.1. The Balaban J connectivity index is 1.90. The highest BCUT2D eigenvalue weighted by Gasteiger charge is 2.44. The smallest absolute Gasteiger partial charge is 0.270 e. The van der Waals surface area contributed by atoms with Crippen molar-refractivity contribution in [1.29, 1.82) is 0 Å². The molecule has 0 radical (unpaired) electrons. The van der Waals surface area contributed by atoms with E-state index in [4.69, 9.17) is 0 Å². The first-order valence-electron chi connectivity index (χ1n) is 11.0. The van der Waals surface area contributed by atoms with E-state index >= 15 is 0 Å². The van der Waals surface area contributed by atoms with Gasteiger partial charge in [-0.15, -0.1) is 0 Å². The van der Waals surface area contributed by atoms with Crippen molar-refractivity contribution in [2.24, 2.45) is 0 Å². The van der Waals surface area contributed by atoms with E-state index in [-0.39, 0.29) is 0 Å². The minimum absolute atomic E-state index is 0.657. The molecule has 0 unspecified atom stereocenters. The minimum Gasteiger partial charge on any atom is -0.285 e. The van der Waals surface area contributed by atoms with Gasteiger partial charge in [-0.3, -0.25) is 4.55 Å². The van der Waals surface area contributed by atoms with Crippen molar-refractivity contribution >= 4 is 10.1 Å². The largest absolute Gasteiger partial charge is 0.285 e. The van der Waals surface area contributed by atoms with Gasteiger partial charge in [0.15, 0.2) is 0 Å². The monoisotopic (exact) mass is 374 g/mol. The molecule has 3 nitrogen and oxygen atoms in total. The van der Waals surface area contributed by atoms with Crippen LogP contribution in [0, 0.1) is 0 Å². The molecule has 0 spiro atoms. The van der Waals surface area contributed by atoms with Crippen LogP contribution in [0.15, 0.2) is 0 Å². The van der Waals surface area contributed by atoms with Gasteiger partial charge in [-0.1, -0.05) is 110 Å². The normalized spacial score (nSPS) is 17.2. The molecule has 1 aliphatic rings. The van der Waals surface area contributed by atoms with E-state index in [9.17, 15) is 13.0 Å². The summed E-state index contributed by atoms with van der Waals surface area (Å²) in [5.41, 5.74) is 0. The second-order valence-corrected chi connectivity index (χ2v) is 10.0. The molecule has 4 heteroatoms. The van der Waals surface area contributed by atoms with Crippen LogP contribution in [0.25, 0.3) is 0 Å². The molecule has 1 rings (SSSR count). The highest BCUT2D eigenvalue weighted by atomic mass is 32.2. The van der Waals surface area contributed by atoms with Crippen molar-refractivity contribution in [2.45, 2.75) is 134 Å². The molecule has 0 bridgehead atoms. The van der Waals surface area contributed by atoms with Crippen molar-refractivity contribution in [3.05, 3.63) is 0 Å². The molecule has 0 atom stereocenters. The lowest BCUT2D eigenvalue weighted by atomic mass is 9.97. The summed E-state index contributed by atoms with van der Waals surface area (Å²) in [5.74, 6) is 0. The second-order valence-electron chi connectivity index (χ2n) is 8.21. The van der Waals surface area contributed by atoms with Crippen molar-refractivity contribution < 1.29 is 13.0 Å². The maximum atomic E-state index is 11.7. The van der Waals surface area contributed by atoms with Crippen molar-refractivity contribution in [3.8, 4) is 0 Å². The Hall–Kier alpha value is -0.0900. The van der Waals surface area contributed by atoms with E-state index in [0.29, 0.717) is 19.3 Å². The van der Waals surface area contributed by atoms with E-state index < -0.39 is 14.9 Å². The third kappa shape index (κ3) is 9.42. The van der Waals surface area contributed by atoms with Crippen LogP contribution >= 0.6 is 0 Å². The summed E-state index contributed by atoms with van der Waals surface area (Å²) in [5, 5.41) is 0. The predicted molar refractivity (Wildman–Crippen MR) is 108 cm³/mol. The Morgan fingerprint density at radius 1 is 0.680 bits per heavy atom. The summed E-state index contributed by atoms with van der Waals surface area (Å²) in [4.78, 5) is 0. The molecular formula is C21H42O3S. The molecule has 25 heavy (non-hydrogen) atoms. The van der Waals surface area contributed by atoms with E-state index in [1.54, 1.807) is 0 Å². The molecule has 0 aromatic carbocycles. The summed E-state index contributed by atoms with van der Waals surface area (Å²) in [7, 11) is -3.88. The summed E-state index contributed by atoms with van der Waals surface area (Å²) in [6.07, 6.45) is 22.2. The lowest BCUT2D eigenvalue weighted by molar-refractivity contribution is 0.397. The van der Waals surface area contributed by atoms with Crippen molar-refractivity contribution in [2.75, 3.05) is 0 Å².